The molecular formula is C19H21F4N5. The summed E-state index contributed by atoms with van der Waals surface area (Å²) >= 11 is 0. The van der Waals surface area contributed by atoms with Crippen LogP contribution in [0, 0.1) is 11.8 Å². The van der Waals surface area contributed by atoms with Crippen molar-refractivity contribution < 1.29 is 17.6 Å². The fourth-order valence-electron chi connectivity index (χ4n) is 4.57. The molecule has 2 aromatic heterocycles. The smallest absolute Gasteiger partial charge is 0.383 e. The molecule has 3 heterocycles. The van der Waals surface area contributed by atoms with E-state index in [1.165, 1.54) is 6.20 Å². The number of fused-ring (bicyclic) bond motifs is 1. The van der Waals surface area contributed by atoms with Gasteiger partial charge in [0.1, 0.15) is 18.3 Å². The summed E-state index contributed by atoms with van der Waals surface area (Å²) in [6.07, 6.45) is 0.775. The van der Waals surface area contributed by atoms with Gasteiger partial charge in [0, 0.05) is 49.6 Å². The van der Waals surface area contributed by atoms with Crippen molar-refractivity contribution in [1.82, 2.24) is 19.4 Å². The van der Waals surface area contributed by atoms with Gasteiger partial charge in [-0.05, 0) is 30.7 Å². The van der Waals surface area contributed by atoms with Crippen molar-refractivity contribution in [3.05, 3.63) is 29.8 Å². The van der Waals surface area contributed by atoms with Gasteiger partial charge in [0.2, 0.25) is 0 Å². The maximum absolute atomic E-state index is 13.2. The van der Waals surface area contributed by atoms with E-state index in [4.69, 9.17) is 5.73 Å². The molecule has 2 N–H and O–H groups in total. The van der Waals surface area contributed by atoms with Crippen molar-refractivity contribution in [1.29, 1.82) is 0 Å². The molecule has 28 heavy (non-hydrogen) atoms. The van der Waals surface area contributed by atoms with Crippen LogP contribution in [-0.4, -0.2) is 45.7 Å². The molecule has 0 amide bonds. The number of hydrogen-bond acceptors (Lipinski definition) is 4. The first-order chi connectivity index (χ1) is 13.4. The third-order valence-corrected chi connectivity index (χ3v) is 6.17. The number of pyridine rings is 1. The second-order valence-electron chi connectivity index (χ2n) is 8.09. The van der Waals surface area contributed by atoms with Crippen LogP contribution < -0.4 is 5.73 Å². The highest BCUT2D eigenvalue weighted by atomic mass is 19.4. The number of alkyl halides is 4. The standard InChI is InChI=1S/C19H21F4N5/c20-3-4-27-7-12-13(8-27)16(12)28-9-15(26-18(28)10-1-2-10)11-5-14(19(21,22)23)17(24)25-6-11/h5-6,9-10,12-13,16H,1-4,7-8H2,(H2,24,25)/t12-,13+,16+. The molecule has 3 atom stereocenters. The largest absolute Gasteiger partial charge is 0.419 e. The summed E-state index contributed by atoms with van der Waals surface area (Å²) in [5.41, 5.74) is 5.32. The van der Waals surface area contributed by atoms with Crippen molar-refractivity contribution in [2.24, 2.45) is 11.8 Å². The zero-order valence-corrected chi connectivity index (χ0v) is 15.2. The van der Waals surface area contributed by atoms with Crippen molar-refractivity contribution in [3.8, 4) is 11.3 Å². The predicted molar refractivity (Wildman–Crippen MR) is 95.3 cm³/mol. The molecule has 2 aromatic rings. The maximum atomic E-state index is 13.2. The first-order valence-electron chi connectivity index (χ1n) is 9.57. The number of hydrogen-bond donors (Lipinski definition) is 1. The molecule has 9 heteroatoms. The van der Waals surface area contributed by atoms with E-state index in [1.807, 2.05) is 6.20 Å². The molecule has 1 saturated heterocycles. The number of nitrogens with two attached hydrogens (primary N) is 1. The monoisotopic (exact) mass is 395 g/mol. The number of nitrogens with zero attached hydrogens (tertiary/aromatic N) is 4. The number of piperidine rings is 1. The van der Waals surface area contributed by atoms with E-state index in [0.717, 1.165) is 37.8 Å². The van der Waals surface area contributed by atoms with E-state index in [1.54, 1.807) is 0 Å². The molecule has 2 saturated carbocycles. The summed E-state index contributed by atoms with van der Waals surface area (Å²) in [5.74, 6) is 1.75. The maximum Gasteiger partial charge on any atom is 0.419 e. The quantitative estimate of drug-likeness (QED) is 0.788. The molecule has 0 spiro atoms. The van der Waals surface area contributed by atoms with Gasteiger partial charge < -0.3 is 15.2 Å². The number of halogens is 4. The molecule has 3 fully saturated rings. The normalized spacial score (nSPS) is 27.2. The second-order valence-corrected chi connectivity index (χ2v) is 8.09. The minimum atomic E-state index is -4.55. The predicted octanol–water partition coefficient (Wildman–Crippen LogP) is 3.50. The van der Waals surface area contributed by atoms with Gasteiger partial charge in [-0.25, -0.2) is 14.4 Å². The lowest BCUT2D eigenvalue weighted by Gasteiger charge is -2.18. The van der Waals surface area contributed by atoms with Crippen LogP contribution in [0.15, 0.2) is 18.5 Å². The highest BCUT2D eigenvalue weighted by Crippen LogP contribution is 2.57. The number of anilines is 1. The van der Waals surface area contributed by atoms with E-state index in [-0.39, 0.29) is 6.67 Å². The molecule has 5 nitrogen and oxygen atoms in total. The van der Waals surface area contributed by atoms with Gasteiger partial charge in [-0.1, -0.05) is 0 Å². The summed E-state index contributed by atoms with van der Waals surface area (Å²) < 4.78 is 54.3. The summed E-state index contributed by atoms with van der Waals surface area (Å²) in [6.45, 7) is 1.89. The Bertz CT molecular complexity index is 892. The minimum Gasteiger partial charge on any atom is -0.383 e. The second kappa shape index (κ2) is 6.17. The molecule has 1 aliphatic heterocycles. The molecule has 2 aliphatic carbocycles. The topological polar surface area (TPSA) is 60.0 Å². The van der Waals surface area contributed by atoms with Crippen LogP contribution >= 0.6 is 0 Å². The Labute approximate surface area is 159 Å². The molecule has 5 rings (SSSR count). The average molecular weight is 395 g/mol. The van der Waals surface area contributed by atoms with Gasteiger partial charge in [-0.15, -0.1) is 0 Å². The lowest BCUT2D eigenvalue weighted by molar-refractivity contribution is -0.137. The molecule has 0 aromatic carbocycles. The van der Waals surface area contributed by atoms with Crippen LogP contribution in [0.3, 0.4) is 0 Å². The van der Waals surface area contributed by atoms with Gasteiger partial charge in [0.25, 0.3) is 0 Å². The molecule has 0 bridgehead atoms. The van der Waals surface area contributed by atoms with Gasteiger partial charge in [0.15, 0.2) is 0 Å². The Hall–Kier alpha value is -2.16. The Balaban J connectivity index is 1.45. The van der Waals surface area contributed by atoms with Crippen molar-refractivity contribution in [3.63, 3.8) is 0 Å². The van der Waals surface area contributed by atoms with Crippen molar-refractivity contribution in [2.45, 2.75) is 31.0 Å². The number of rotatable bonds is 5. The summed E-state index contributed by atoms with van der Waals surface area (Å²) in [4.78, 5) is 10.6. The first-order valence-corrected chi connectivity index (χ1v) is 9.57. The van der Waals surface area contributed by atoms with Gasteiger partial charge in [0.05, 0.1) is 11.3 Å². The zero-order valence-electron chi connectivity index (χ0n) is 15.2. The lowest BCUT2D eigenvalue weighted by Crippen LogP contribution is -2.27. The highest BCUT2D eigenvalue weighted by Gasteiger charge is 2.57. The van der Waals surface area contributed by atoms with Crippen molar-refractivity contribution in [2.75, 3.05) is 32.0 Å². The number of nitrogen functional groups attached to an aromatic ring is 1. The van der Waals surface area contributed by atoms with E-state index in [9.17, 15) is 17.6 Å². The Morgan fingerprint density at radius 1 is 1.18 bits per heavy atom. The molecule has 3 aliphatic rings. The van der Waals surface area contributed by atoms with Crippen molar-refractivity contribution >= 4 is 5.82 Å². The summed E-state index contributed by atoms with van der Waals surface area (Å²) in [5, 5.41) is 0. The fourth-order valence-corrected chi connectivity index (χ4v) is 4.57. The first kappa shape index (κ1) is 17.9. The minimum absolute atomic E-state index is 0.316. The lowest BCUT2D eigenvalue weighted by atomic mass is 10.1. The molecule has 0 unspecified atom stereocenters. The summed E-state index contributed by atoms with van der Waals surface area (Å²) in [6, 6.07) is 1.35. The Morgan fingerprint density at radius 3 is 2.50 bits per heavy atom. The van der Waals surface area contributed by atoms with Gasteiger partial charge in [-0.2, -0.15) is 13.2 Å². The fraction of sp³-hybridized carbons (Fsp3) is 0.579. The van der Waals surface area contributed by atoms with Crippen LogP contribution in [-0.2, 0) is 6.18 Å². The van der Waals surface area contributed by atoms with Crippen LogP contribution in [0.4, 0.5) is 23.4 Å². The van der Waals surface area contributed by atoms with Crippen LogP contribution in [0.25, 0.3) is 11.3 Å². The third-order valence-electron chi connectivity index (χ3n) is 6.17. The van der Waals surface area contributed by atoms with Crippen LogP contribution in [0.1, 0.15) is 36.2 Å². The SMILES string of the molecule is Nc1ncc(-c2cn([C@H]3[C@@H]4CN(CCF)C[C@@H]43)c(C3CC3)n2)cc1C(F)(F)F. The third kappa shape index (κ3) is 2.96. The number of imidazole rings is 1. The zero-order chi connectivity index (χ0) is 19.6. The highest BCUT2D eigenvalue weighted by molar-refractivity contribution is 5.62. The van der Waals surface area contributed by atoms with E-state index >= 15 is 0 Å². The van der Waals surface area contributed by atoms with Gasteiger partial charge >= 0.3 is 6.18 Å². The van der Waals surface area contributed by atoms with E-state index in [0.29, 0.717) is 41.6 Å². The summed E-state index contributed by atoms with van der Waals surface area (Å²) in [7, 11) is 0. The Morgan fingerprint density at radius 2 is 1.89 bits per heavy atom. The Kier molecular flexibility index (Phi) is 3.94. The molecule has 0 radical (unpaired) electrons. The molecule has 150 valence electrons. The molecular weight excluding hydrogens is 374 g/mol. The van der Waals surface area contributed by atoms with E-state index < -0.39 is 17.6 Å². The number of aromatic nitrogens is 3. The van der Waals surface area contributed by atoms with E-state index in [2.05, 4.69) is 19.4 Å². The number of likely N-dealkylation sites (tertiary alicyclic amines) is 1. The van der Waals surface area contributed by atoms with Gasteiger partial charge in [-0.3, -0.25) is 0 Å². The van der Waals surface area contributed by atoms with Crippen LogP contribution in [0.2, 0.25) is 0 Å². The van der Waals surface area contributed by atoms with Crippen LogP contribution in [0.5, 0.6) is 0 Å². The average Bonchev–Trinajstić information content (AvgIpc) is 3.51.